The number of hydrogen-bond donors (Lipinski definition) is 2. The second-order valence-electron chi connectivity index (χ2n) is 4.85. The molecule has 0 radical (unpaired) electrons. The van der Waals surface area contributed by atoms with Crippen molar-refractivity contribution in [3.63, 3.8) is 0 Å². The minimum atomic E-state index is -0.123. The number of benzene rings is 1. The average Bonchev–Trinajstić information content (AvgIpc) is 3.14. The third-order valence-electron chi connectivity index (χ3n) is 3.47. The van der Waals surface area contributed by atoms with E-state index in [0.29, 0.717) is 5.56 Å². The highest BCUT2D eigenvalue weighted by Gasteiger charge is 2.08. The van der Waals surface area contributed by atoms with Crippen LogP contribution in [0.5, 0.6) is 0 Å². The largest absolute Gasteiger partial charge is 0.361 e. The molecule has 5 heteroatoms. The molecule has 4 aromatic rings. The van der Waals surface area contributed by atoms with E-state index in [2.05, 4.69) is 15.4 Å². The highest BCUT2D eigenvalue weighted by Crippen LogP contribution is 2.17. The van der Waals surface area contributed by atoms with Crippen LogP contribution in [0.15, 0.2) is 61.1 Å². The first-order chi connectivity index (χ1) is 10.3. The van der Waals surface area contributed by atoms with Crippen molar-refractivity contribution in [1.29, 1.82) is 0 Å². The maximum absolute atomic E-state index is 12.3. The van der Waals surface area contributed by atoms with Crippen molar-refractivity contribution in [2.24, 2.45) is 0 Å². The SMILES string of the molecule is O=C(Nc1ccn2nccc2c1)c1ccc2[nH]ccc2c1. The standard InChI is InChI=1S/C16H12N4O/c21-16(12-1-2-15-11(9-12)3-6-17-15)19-13-5-8-20-14(10-13)4-7-18-20/h1-10,17H,(H,19,21). The summed E-state index contributed by atoms with van der Waals surface area (Å²) in [7, 11) is 0. The van der Waals surface area contributed by atoms with Crippen LogP contribution >= 0.6 is 0 Å². The molecule has 0 saturated heterocycles. The second kappa shape index (κ2) is 4.49. The van der Waals surface area contributed by atoms with Crippen molar-refractivity contribution >= 4 is 28.0 Å². The van der Waals surface area contributed by atoms with E-state index in [9.17, 15) is 4.79 Å². The van der Waals surface area contributed by atoms with Crippen molar-refractivity contribution in [3.05, 3.63) is 66.6 Å². The van der Waals surface area contributed by atoms with Crippen LogP contribution in [-0.4, -0.2) is 20.5 Å². The van der Waals surface area contributed by atoms with Crippen LogP contribution in [-0.2, 0) is 0 Å². The molecule has 0 spiro atoms. The number of nitrogens with zero attached hydrogens (tertiary/aromatic N) is 2. The molecule has 21 heavy (non-hydrogen) atoms. The number of aromatic amines is 1. The Bertz CT molecular complexity index is 951. The molecule has 0 unspecified atom stereocenters. The minimum absolute atomic E-state index is 0.123. The summed E-state index contributed by atoms with van der Waals surface area (Å²) in [5.41, 5.74) is 3.35. The summed E-state index contributed by atoms with van der Waals surface area (Å²) in [6.07, 6.45) is 5.40. The number of amides is 1. The predicted octanol–water partition coefficient (Wildman–Crippen LogP) is 3.07. The molecule has 2 N–H and O–H groups in total. The van der Waals surface area contributed by atoms with Gasteiger partial charge in [0.05, 0.1) is 5.52 Å². The molecule has 0 saturated carbocycles. The first-order valence-corrected chi connectivity index (χ1v) is 6.61. The van der Waals surface area contributed by atoms with Crippen molar-refractivity contribution in [2.75, 3.05) is 5.32 Å². The van der Waals surface area contributed by atoms with Crippen LogP contribution in [0.3, 0.4) is 0 Å². The Hall–Kier alpha value is -3.08. The molecule has 4 rings (SSSR count). The van der Waals surface area contributed by atoms with Crippen LogP contribution in [0.25, 0.3) is 16.4 Å². The fraction of sp³-hybridized carbons (Fsp3) is 0. The quantitative estimate of drug-likeness (QED) is 0.591. The van der Waals surface area contributed by atoms with Crippen molar-refractivity contribution < 1.29 is 4.79 Å². The lowest BCUT2D eigenvalue weighted by Crippen LogP contribution is -2.11. The number of aromatic nitrogens is 3. The summed E-state index contributed by atoms with van der Waals surface area (Å²) in [6, 6.07) is 13.1. The van der Waals surface area contributed by atoms with E-state index in [4.69, 9.17) is 0 Å². The monoisotopic (exact) mass is 276 g/mol. The van der Waals surface area contributed by atoms with Gasteiger partial charge in [-0.3, -0.25) is 4.79 Å². The Morgan fingerprint density at radius 3 is 3.05 bits per heavy atom. The summed E-state index contributed by atoms with van der Waals surface area (Å²) in [5.74, 6) is -0.123. The fourth-order valence-corrected chi connectivity index (χ4v) is 2.40. The number of rotatable bonds is 2. The molecule has 0 aliphatic heterocycles. The van der Waals surface area contributed by atoms with Gasteiger partial charge >= 0.3 is 0 Å². The average molecular weight is 276 g/mol. The third kappa shape index (κ3) is 2.04. The van der Waals surface area contributed by atoms with Crippen LogP contribution in [0.1, 0.15) is 10.4 Å². The Balaban J connectivity index is 1.64. The van der Waals surface area contributed by atoms with E-state index in [1.807, 2.05) is 54.9 Å². The molecule has 3 heterocycles. The van der Waals surface area contributed by atoms with E-state index in [-0.39, 0.29) is 5.91 Å². The number of carbonyl (C=O) groups is 1. The van der Waals surface area contributed by atoms with E-state index in [1.165, 1.54) is 0 Å². The fourth-order valence-electron chi connectivity index (χ4n) is 2.40. The Labute approximate surface area is 120 Å². The van der Waals surface area contributed by atoms with Gasteiger partial charge in [0.2, 0.25) is 0 Å². The van der Waals surface area contributed by atoms with Gasteiger partial charge in [-0.25, -0.2) is 4.52 Å². The van der Waals surface area contributed by atoms with Crippen molar-refractivity contribution in [1.82, 2.24) is 14.6 Å². The number of H-pyrrole nitrogens is 1. The number of carbonyl (C=O) groups excluding carboxylic acids is 1. The number of nitrogens with one attached hydrogen (secondary N) is 2. The molecule has 3 aromatic heterocycles. The zero-order valence-electron chi connectivity index (χ0n) is 11.1. The maximum Gasteiger partial charge on any atom is 0.255 e. The molecule has 0 aliphatic carbocycles. The first-order valence-electron chi connectivity index (χ1n) is 6.61. The van der Waals surface area contributed by atoms with Crippen LogP contribution in [0, 0.1) is 0 Å². The van der Waals surface area contributed by atoms with Gasteiger partial charge in [-0.05, 0) is 42.5 Å². The molecule has 102 valence electrons. The van der Waals surface area contributed by atoms with Gasteiger partial charge in [0, 0.05) is 40.7 Å². The summed E-state index contributed by atoms with van der Waals surface area (Å²) in [5, 5.41) is 8.05. The first kappa shape index (κ1) is 11.7. The van der Waals surface area contributed by atoms with E-state index in [0.717, 1.165) is 22.1 Å². The van der Waals surface area contributed by atoms with E-state index >= 15 is 0 Å². The zero-order chi connectivity index (χ0) is 14.2. The van der Waals surface area contributed by atoms with Gasteiger partial charge in [0.1, 0.15) is 0 Å². The molecule has 0 fully saturated rings. The smallest absolute Gasteiger partial charge is 0.255 e. The molecule has 0 bridgehead atoms. The summed E-state index contributed by atoms with van der Waals surface area (Å²) >= 11 is 0. The topological polar surface area (TPSA) is 62.2 Å². The Kier molecular flexibility index (Phi) is 2.50. The van der Waals surface area contributed by atoms with Gasteiger partial charge < -0.3 is 10.3 Å². The Morgan fingerprint density at radius 1 is 1.14 bits per heavy atom. The second-order valence-corrected chi connectivity index (χ2v) is 4.85. The molecule has 0 aliphatic rings. The van der Waals surface area contributed by atoms with Crippen molar-refractivity contribution in [3.8, 4) is 0 Å². The van der Waals surface area contributed by atoms with Gasteiger partial charge in [0.15, 0.2) is 0 Å². The van der Waals surface area contributed by atoms with Gasteiger partial charge in [-0.1, -0.05) is 0 Å². The number of anilines is 1. The maximum atomic E-state index is 12.3. The predicted molar refractivity (Wildman–Crippen MR) is 81.4 cm³/mol. The lowest BCUT2D eigenvalue weighted by atomic mass is 10.1. The van der Waals surface area contributed by atoms with E-state index < -0.39 is 0 Å². The van der Waals surface area contributed by atoms with E-state index in [1.54, 1.807) is 10.7 Å². The molecule has 1 amide bonds. The molecule has 0 atom stereocenters. The zero-order valence-corrected chi connectivity index (χ0v) is 11.1. The number of pyridine rings is 1. The third-order valence-corrected chi connectivity index (χ3v) is 3.47. The van der Waals surface area contributed by atoms with Crippen LogP contribution < -0.4 is 5.32 Å². The van der Waals surface area contributed by atoms with Crippen LogP contribution in [0.4, 0.5) is 5.69 Å². The highest BCUT2D eigenvalue weighted by atomic mass is 16.1. The lowest BCUT2D eigenvalue weighted by molar-refractivity contribution is 0.102. The van der Waals surface area contributed by atoms with Crippen LogP contribution in [0.2, 0.25) is 0 Å². The molecular weight excluding hydrogens is 264 g/mol. The highest BCUT2D eigenvalue weighted by molar-refractivity contribution is 6.06. The lowest BCUT2D eigenvalue weighted by Gasteiger charge is -2.06. The summed E-state index contributed by atoms with van der Waals surface area (Å²) in [4.78, 5) is 15.4. The van der Waals surface area contributed by atoms with Gasteiger partial charge in [-0.15, -0.1) is 0 Å². The normalized spacial score (nSPS) is 11.0. The Morgan fingerprint density at radius 2 is 2.10 bits per heavy atom. The van der Waals surface area contributed by atoms with Crippen molar-refractivity contribution in [2.45, 2.75) is 0 Å². The molecule has 1 aromatic carbocycles. The summed E-state index contributed by atoms with van der Waals surface area (Å²) in [6.45, 7) is 0. The minimum Gasteiger partial charge on any atom is -0.361 e. The number of hydrogen-bond acceptors (Lipinski definition) is 2. The number of fused-ring (bicyclic) bond motifs is 2. The van der Waals surface area contributed by atoms with Gasteiger partial charge in [-0.2, -0.15) is 5.10 Å². The molecule has 5 nitrogen and oxygen atoms in total. The summed E-state index contributed by atoms with van der Waals surface area (Å²) < 4.78 is 1.75. The molecular formula is C16H12N4O. The van der Waals surface area contributed by atoms with Gasteiger partial charge in [0.25, 0.3) is 5.91 Å².